The van der Waals surface area contributed by atoms with E-state index in [0.717, 1.165) is 28.2 Å². The van der Waals surface area contributed by atoms with Crippen molar-refractivity contribution in [3.05, 3.63) is 42.1 Å². The van der Waals surface area contributed by atoms with Crippen LogP contribution < -0.4 is 19.1 Å². The highest BCUT2D eigenvalue weighted by Crippen LogP contribution is 2.41. The zero-order chi connectivity index (χ0) is 21.1. The molecule has 0 aliphatic rings. The lowest BCUT2D eigenvalue weighted by Gasteiger charge is -2.13. The molecular weight excluding hydrogens is 370 g/mol. The van der Waals surface area contributed by atoms with Crippen molar-refractivity contribution in [3.8, 4) is 39.9 Å². The molecular formula is C22H25N3O4. The van der Waals surface area contributed by atoms with E-state index in [9.17, 15) is 4.79 Å². The topological polar surface area (TPSA) is 76.7 Å². The number of ether oxygens (including phenoxy) is 3. The van der Waals surface area contributed by atoms with Crippen LogP contribution in [-0.2, 0) is 4.79 Å². The van der Waals surface area contributed by atoms with Crippen LogP contribution in [0.25, 0.3) is 22.6 Å². The first-order chi connectivity index (χ1) is 13.8. The highest BCUT2D eigenvalue weighted by Gasteiger charge is 2.19. The minimum Gasteiger partial charge on any atom is -0.493 e. The van der Waals surface area contributed by atoms with Crippen LogP contribution in [0.1, 0.15) is 12.6 Å². The highest BCUT2D eigenvalue weighted by atomic mass is 16.6. The SMILES string of the molecule is COc1cc(-c2nc(-c3ccc(N(C)C)cc3)c(C)[nH]2)cc(OC)c1OC(C)=O. The number of nitrogens with zero attached hydrogens (tertiary/aromatic N) is 2. The summed E-state index contributed by atoms with van der Waals surface area (Å²) in [6.45, 7) is 3.31. The number of carbonyl (C=O) groups excluding carboxylic acids is 1. The van der Waals surface area contributed by atoms with Crippen LogP contribution in [0, 0.1) is 6.92 Å². The van der Waals surface area contributed by atoms with Crippen molar-refractivity contribution in [2.45, 2.75) is 13.8 Å². The van der Waals surface area contributed by atoms with E-state index in [-0.39, 0.29) is 5.75 Å². The minimum atomic E-state index is -0.452. The van der Waals surface area contributed by atoms with Crippen LogP contribution in [0.2, 0.25) is 0 Å². The third-order valence-corrected chi connectivity index (χ3v) is 4.52. The number of imidazole rings is 1. The lowest BCUT2D eigenvalue weighted by Crippen LogP contribution is -2.07. The second-order valence-electron chi connectivity index (χ2n) is 6.80. The van der Waals surface area contributed by atoms with Gasteiger partial charge in [0.05, 0.1) is 19.9 Å². The number of benzene rings is 2. The van der Waals surface area contributed by atoms with Gasteiger partial charge in [-0.15, -0.1) is 0 Å². The number of hydrogen-bond donors (Lipinski definition) is 1. The van der Waals surface area contributed by atoms with E-state index in [2.05, 4.69) is 22.0 Å². The molecule has 0 amide bonds. The molecule has 152 valence electrons. The van der Waals surface area contributed by atoms with Gasteiger partial charge in [-0.05, 0) is 31.2 Å². The molecule has 0 saturated carbocycles. The minimum absolute atomic E-state index is 0.244. The lowest BCUT2D eigenvalue weighted by molar-refractivity contribution is -0.132. The molecule has 0 aliphatic carbocycles. The Balaban J connectivity index is 2.03. The van der Waals surface area contributed by atoms with E-state index in [1.807, 2.05) is 33.2 Å². The van der Waals surface area contributed by atoms with Gasteiger partial charge in [-0.2, -0.15) is 0 Å². The Labute approximate surface area is 170 Å². The molecule has 7 heteroatoms. The number of aromatic amines is 1. The number of rotatable bonds is 6. The molecule has 3 rings (SSSR count). The van der Waals surface area contributed by atoms with Gasteiger partial charge in [-0.1, -0.05) is 12.1 Å². The van der Waals surface area contributed by atoms with E-state index in [4.69, 9.17) is 19.2 Å². The number of nitrogens with one attached hydrogen (secondary N) is 1. The monoisotopic (exact) mass is 395 g/mol. The predicted molar refractivity (Wildman–Crippen MR) is 113 cm³/mol. The zero-order valence-corrected chi connectivity index (χ0v) is 17.5. The van der Waals surface area contributed by atoms with Crippen molar-refractivity contribution in [3.63, 3.8) is 0 Å². The van der Waals surface area contributed by atoms with Crippen LogP contribution in [0.3, 0.4) is 0 Å². The molecule has 2 aromatic carbocycles. The maximum Gasteiger partial charge on any atom is 0.308 e. The number of aromatic nitrogens is 2. The molecule has 0 fully saturated rings. The van der Waals surface area contributed by atoms with Gasteiger partial charge < -0.3 is 24.1 Å². The predicted octanol–water partition coefficient (Wildman–Crippen LogP) is 4.06. The summed E-state index contributed by atoms with van der Waals surface area (Å²) < 4.78 is 16.1. The fraction of sp³-hybridized carbons (Fsp3) is 0.273. The largest absolute Gasteiger partial charge is 0.493 e. The van der Waals surface area contributed by atoms with Gasteiger partial charge in [0.25, 0.3) is 0 Å². The molecule has 0 aliphatic heterocycles. The van der Waals surface area contributed by atoms with Gasteiger partial charge in [0.1, 0.15) is 5.82 Å². The fourth-order valence-electron chi connectivity index (χ4n) is 3.06. The van der Waals surface area contributed by atoms with Gasteiger partial charge in [0, 0.05) is 43.5 Å². The van der Waals surface area contributed by atoms with E-state index in [1.165, 1.54) is 21.1 Å². The van der Waals surface area contributed by atoms with Gasteiger partial charge in [-0.25, -0.2) is 4.98 Å². The molecule has 0 radical (unpaired) electrons. The summed E-state index contributed by atoms with van der Waals surface area (Å²) in [5.74, 6) is 1.24. The molecule has 1 heterocycles. The number of H-pyrrole nitrogens is 1. The van der Waals surface area contributed by atoms with Crippen molar-refractivity contribution in [2.24, 2.45) is 0 Å². The summed E-state index contributed by atoms with van der Waals surface area (Å²) in [4.78, 5) is 21.6. The van der Waals surface area contributed by atoms with Crippen molar-refractivity contribution >= 4 is 11.7 Å². The van der Waals surface area contributed by atoms with Gasteiger partial charge in [0.2, 0.25) is 5.75 Å². The molecule has 0 bridgehead atoms. The Bertz CT molecular complexity index is 998. The standard InChI is InChI=1S/C22H25N3O4/c1-13-20(15-7-9-17(10-8-15)25(3)4)24-22(23-13)16-11-18(27-5)21(29-14(2)26)19(12-16)28-6/h7-12H,1-6H3,(H,23,24). The lowest BCUT2D eigenvalue weighted by atomic mass is 10.1. The van der Waals surface area contributed by atoms with Crippen LogP contribution in [-0.4, -0.2) is 44.3 Å². The second-order valence-corrected chi connectivity index (χ2v) is 6.80. The van der Waals surface area contributed by atoms with Crippen molar-refractivity contribution in [1.82, 2.24) is 9.97 Å². The molecule has 1 aromatic heterocycles. The third-order valence-electron chi connectivity index (χ3n) is 4.52. The number of methoxy groups -OCH3 is 2. The molecule has 7 nitrogen and oxygen atoms in total. The summed E-state index contributed by atoms with van der Waals surface area (Å²) in [5.41, 5.74) is 4.71. The average molecular weight is 395 g/mol. The Morgan fingerprint density at radius 2 is 1.59 bits per heavy atom. The normalized spacial score (nSPS) is 10.6. The average Bonchev–Trinajstić information content (AvgIpc) is 3.09. The highest BCUT2D eigenvalue weighted by molar-refractivity contribution is 5.76. The van der Waals surface area contributed by atoms with Crippen LogP contribution in [0.15, 0.2) is 36.4 Å². The first-order valence-electron chi connectivity index (χ1n) is 9.13. The van der Waals surface area contributed by atoms with Crippen LogP contribution in [0.5, 0.6) is 17.2 Å². The number of hydrogen-bond acceptors (Lipinski definition) is 6. The second kappa shape index (κ2) is 8.26. The Hall–Kier alpha value is -3.48. The number of aryl methyl sites for hydroxylation is 1. The maximum absolute atomic E-state index is 11.4. The third kappa shape index (κ3) is 4.18. The maximum atomic E-state index is 11.4. The van der Waals surface area contributed by atoms with Crippen molar-refractivity contribution < 1.29 is 19.0 Å². The van der Waals surface area contributed by atoms with E-state index >= 15 is 0 Å². The summed E-state index contributed by atoms with van der Waals surface area (Å²) in [6, 6.07) is 11.7. The first-order valence-corrected chi connectivity index (χ1v) is 9.13. The number of anilines is 1. The summed E-state index contributed by atoms with van der Waals surface area (Å²) in [6.07, 6.45) is 0. The van der Waals surface area contributed by atoms with Crippen LogP contribution in [0.4, 0.5) is 5.69 Å². The van der Waals surface area contributed by atoms with Gasteiger partial charge in [0.15, 0.2) is 11.5 Å². The molecule has 0 spiro atoms. The summed E-state index contributed by atoms with van der Waals surface area (Å²) in [5, 5.41) is 0. The molecule has 29 heavy (non-hydrogen) atoms. The zero-order valence-electron chi connectivity index (χ0n) is 17.5. The Kier molecular flexibility index (Phi) is 5.77. The Morgan fingerprint density at radius 3 is 2.07 bits per heavy atom. The molecule has 3 aromatic rings. The van der Waals surface area contributed by atoms with E-state index < -0.39 is 5.97 Å². The quantitative estimate of drug-likeness (QED) is 0.501. The smallest absolute Gasteiger partial charge is 0.308 e. The Morgan fingerprint density at radius 1 is 1.00 bits per heavy atom. The first kappa shape index (κ1) is 20.3. The number of esters is 1. The van der Waals surface area contributed by atoms with E-state index in [0.29, 0.717) is 17.3 Å². The van der Waals surface area contributed by atoms with Gasteiger partial charge in [-0.3, -0.25) is 4.79 Å². The molecule has 0 saturated heterocycles. The van der Waals surface area contributed by atoms with Crippen molar-refractivity contribution in [1.29, 1.82) is 0 Å². The fourth-order valence-corrected chi connectivity index (χ4v) is 3.06. The van der Waals surface area contributed by atoms with Crippen molar-refractivity contribution in [2.75, 3.05) is 33.2 Å². The van der Waals surface area contributed by atoms with E-state index in [1.54, 1.807) is 12.1 Å². The summed E-state index contributed by atoms with van der Waals surface area (Å²) in [7, 11) is 7.04. The van der Waals surface area contributed by atoms with Gasteiger partial charge >= 0.3 is 5.97 Å². The summed E-state index contributed by atoms with van der Waals surface area (Å²) >= 11 is 0. The molecule has 0 atom stereocenters. The molecule has 0 unspecified atom stereocenters. The molecule has 1 N–H and O–H groups in total. The number of carbonyl (C=O) groups is 1. The van der Waals surface area contributed by atoms with Crippen LogP contribution >= 0.6 is 0 Å².